The van der Waals surface area contributed by atoms with Gasteiger partial charge < -0.3 is 5.73 Å². The summed E-state index contributed by atoms with van der Waals surface area (Å²) >= 11 is 0. The molecule has 0 unspecified atom stereocenters. The molecular weight excluding hydrogens is 176 g/mol. The third-order valence-electron chi connectivity index (χ3n) is 2.60. The molecule has 0 radical (unpaired) electrons. The highest BCUT2D eigenvalue weighted by Gasteiger charge is 2.14. The summed E-state index contributed by atoms with van der Waals surface area (Å²) in [4.78, 5) is 0. The molecule has 0 aliphatic heterocycles. The number of hydrogen-bond acceptors (Lipinski definition) is 2. The molecule has 0 amide bonds. The fourth-order valence-corrected chi connectivity index (χ4v) is 1.88. The third-order valence-corrected chi connectivity index (χ3v) is 2.60. The van der Waals surface area contributed by atoms with Crippen molar-refractivity contribution in [2.45, 2.75) is 45.4 Å². The highest BCUT2D eigenvalue weighted by Crippen LogP contribution is 2.25. The Labute approximate surface area is 85.7 Å². The molecule has 1 saturated carbocycles. The van der Waals surface area contributed by atoms with Gasteiger partial charge in [-0.2, -0.15) is 5.11 Å². The van der Waals surface area contributed by atoms with Crippen molar-refractivity contribution in [3.8, 4) is 0 Å². The Morgan fingerprint density at radius 1 is 1.29 bits per heavy atom. The van der Waals surface area contributed by atoms with Crippen LogP contribution in [0.1, 0.15) is 45.4 Å². The van der Waals surface area contributed by atoms with Crippen molar-refractivity contribution in [2.24, 2.45) is 27.1 Å². The summed E-state index contributed by atoms with van der Waals surface area (Å²) in [6.45, 7) is 2.59. The maximum atomic E-state index is 5.74. The molecule has 1 fully saturated rings. The van der Waals surface area contributed by atoms with Gasteiger partial charge in [0.15, 0.2) is 0 Å². The first-order chi connectivity index (χ1) is 6.83. The predicted octanol–water partition coefficient (Wildman–Crippen LogP) is 2.70. The van der Waals surface area contributed by atoms with Crippen LogP contribution in [0.3, 0.4) is 0 Å². The molecule has 1 aliphatic rings. The van der Waals surface area contributed by atoms with E-state index in [1.807, 2.05) is 6.92 Å². The first-order valence-electron chi connectivity index (χ1n) is 5.51. The molecule has 0 saturated heterocycles. The molecule has 0 aromatic rings. The number of hydrogen-bond donors (Lipinski definition) is 1. The minimum absolute atomic E-state index is 0.633. The van der Waals surface area contributed by atoms with Gasteiger partial charge in [-0.15, -0.1) is 5.10 Å². The number of rotatable bonds is 4. The minimum Gasteiger partial charge on any atom is -0.386 e. The average molecular weight is 196 g/mol. The van der Waals surface area contributed by atoms with Crippen LogP contribution in [-0.4, -0.2) is 12.4 Å². The van der Waals surface area contributed by atoms with Gasteiger partial charge in [-0.25, -0.2) is 0 Å². The van der Waals surface area contributed by atoms with Crippen molar-refractivity contribution in [1.29, 1.82) is 0 Å². The summed E-state index contributed by atoms with van der Waals surface area (Å²) < 4.78 is 0. The molecule has 2 N–H and O–H groups in total. The summed E-state index contributed by atoms with van der Waals surface area (Å²) in [6, 6.07) is 0. The first kappa shape index (κ1) is 11.1. The van der Waals surface area contributed by atoms with E-state index in [2.05, 4.69) is 15.4 Å². The lowest BCUT2D eigenvalue weighted by Crippen LogP contribution is -2.18. The highest BCUT2D eigenvalue weighted by atomic mass is 15.4. The Hall–Kier alpha value is -0.930. The second kappa shape index (κ2) is 6.51. The van der Waals surface area contributed by atoms with Gasteiger partial charge in [0.2, 0.25) is 0 Å². The van der Waals surface area contributed by atoms with Crippen LogP contribution in [-0.2, 0) is 0 Å². The zero-order valence-corrected chi connectivity index (χ0v) is 8.95. The number of nitrogens with two attached hydrogens (primary N) is 1. The Morgan fingerprint density at radius 2 is 2.00 bits per heavy atom. The SMILES string of the molecule is CCN=N/N=C(\N)CC1CCCCC1. The van der Waals surface area contributed by atoms with Crippen molar-refractivity contribution in [1.82, 2.24) is 0 Å². The van der Waals surface area contributed by atoms with Crippen LogP contribution in [0.15, 0.2) is 15.4 Å². The lowest BCUT2D eigenvalue weighted by atomic mass is 9.87. The number of amidine groups is 1. The van der Waals surface area contributed by atoms with E-state index in [-0.39, 0.29) is 0 Å². The number of nitrogens with zero attached hydrogens (tertiary/aromatic N) is 3. The van der Waals surface area contributed by atoms with Gasteiger partial charge in [0.25, 0.3) is 0 Å². The van der Waals surface area contributed by atoms with Crippen molar-refractivity contribution >= 4 is 5.84 Å². The van der Waals surface area contributed by atoms with Gasteiger partial charge in [0, 0.05) is 6.42 Å². The van der Waals surface area contributed by atoms with E-state index in [0.717, 1.165) is 12.3 Å². The van der Waals surface area contributed by atoms with E-state index in [9.17, 15) is 0 Å². The summed E-state index contributed by atoms with van der Waals surface area (Å²) in [5.74, 6) is 1.36. The second-order valence-electron chi connectivity index (χ2n) is 3.85. The van der Waals surface area contributed by atoms with Crippen molar-refractivity contribution < 1.29 is 0 Å². The van der Waals surface area contributed by atoms with E-state index in [1.165, 1.54) is 32.1 Å². The van der Waals surface area contributed by atoms with E-state index in [4.69, 9.17) is 5.73 Å². The molecule has 0 spiro atoms. The monoisotopic (exact) mass is 196 g/mol. The van der Waals surface area contributed by atoms with Crippen LogP contribution in [0.5, 0.6) is 0 Å². The van der Waals surface area contributed by atoms with E-state index in [0.29, 0.717) is 12.4 Å². The van der Waals surface area contributed by atoms with Crippen LogP contribution >= 0.6 is 0 Å². The Bertz CT molecular complexity index is 204. The van der Waals surface area contributed by atoms with Gasteiger partial charge in [0.1, 0.15) is 5.84 Å². The molecule has 4 nitrogen and oxygen atoms in total. The lowest BCUT2D eigenvalue weighted by molar-refractivity contribution is 0.367. The lowest BCUT2D eigenvalue weighted by Gasteiger charge is -2.20. The van der Waals surface area contributed by atoms with Crippen LogP contribution in [0.25, 0.3) is 0 Å². The molecule has 0 aromatic heterocycles. The van der Waals surface area contributed by atoms with Gasteiger partial charge >= 0.3 is 0 Å². The van der Waals surface area contributed by atoms with E-state index < -0.39 is 0 Å². The molecule has 1 aliphatic carbocycles. The Morgan fingerprint density at radius 3 is 2.64 bits per heavy atom. The standard InChI is InChI=1S/C10H20N4/c1-2-12-14-13-10(11)8-9-6-4-3-5-7-9/h9H,2-8H2,1H3,(H2,11,12,13). The zero-order valence-electron chi connectivity index (χ0n) is 8.95. The van der Waals surface area contributed by atoms with Crippen LogP contribution in [0.2, 0.25) is 0 Å². The second-order valence-corrected chi connectivity index (χ2v) is 3.85. The van der Waals surface area contributed by atoms with Gasteiger partial charge in [0.05, 0.1) is 6.54 Å². The fourth-order valence-electron chi connectivity index (χ4n) is 1.88. The summed E-state index contributed by atoms with van der Waals surface area (Å²) in [6.07, 6.45) is 7.54. The predicted molar refractivity (Wildman–Crippen MR) is 58.2 cm³/mol. The van der Waals surface area contributed by atoms with Gasteiger partial charge in [-0.3, -0.25) is 0 Å². The molecule has 0 bridgehead atoms. The summed E-state index contributed by atoms with van der Waals surface area (Å²) in [7, 11) is 0. The van der Waals surface area contributed by atoms with Crippen molar-refractivity contribution in [2.75, 3.05) is 6.54 Å². The molecule has 4 heteroatoms. The topological polar surface area (TPSA) is 63.1 Å². The van der Waals surface area contributed by atoms with Crippen molar-refractivity contribution in [3.05, 3.63) is 0 Å². The van der Waals surface area contributed by atoms with Crippen LogP contribution < -0.4 is 5.73 Å². The average Bonchev–Trinajstić information content (AvgIpc) is 2.20. The van der Waals surface area contributed by atoms with E-state index >= 15 is 0 Å². The quantitative estimate of drug-likeness (QED) is 0.319. The highest BCUT2D eigenvalue weighted by molar-refractivity contribution is 5.80. The molecule has 0 atom stereocenters. The Balaban J connectivity index is 2.27. The fraction of sp³-hybridized carbons (Fsp3) is 0.900. The largest absolute Gasteiger partial charge is 0.386 e. The summed E-state index contributed by atoms with van der Waals surface area (Å²) in [5.41, 5.74) is 5.74. The normalized spacial score (nSPS) is 20.5. The molecular formula is C10H20N4. The molecule has 0 aromatic carbocycles. The maximum absolute atomic E-state index is 5.74. The summed E-state index contributed by atoms with van der Waals surface area (Å²) in [5, 5.41) is 11.3. The molecule has 1 rings (SSSR count). The van der Waals surface area contributed by atoms with E-state index in [1.54, 1.807) is 0 Å². The maximum Gasteiger partial charge on any atom is 0.124 e. The van der Waals surface area contributed by atoms with Gasteiger partial charge in [-0.05, 0) is 18.1 Å². The first-order valence-corrected chi connectivity index (χ1v) is 5.51. The molecule has 14 heavy (non-hydrogen) atoms. The third kappa shape index (κ3) is 4.35. The Kier molecular flexibility index (Phi) is 5.19. The minimum atomic E-state index is 0.633. The van der Waals surface area contributed by atoms with Crippen LogP contribution in [0, 0.1) is 5.92 Å². The molecule has 80 valence electrons. The van der Waals surface area contributed by atoms with Gasteiger partial charge in [-0.1, -0.05) is 32.1 Å². The van der Waals surface area contributed by atoms with Crippen molar-refractivity contribution in [3.63, 3.8) is 0 Å². The molecule has 0 heterocycles. The van der Waals surface area contributed by atoms with Crippen LogP contribution in [0.4, 0.5) is 0 Å². The smallest absolute Gasteiger partial charge is 0.124 e. The zero-order chi connectivity index (χ0) is 10.2.